The highest BCUT2D eigenvalue weighted by atomic mass is 16.6. The van der Waals surface area contributed by atoms with E-state index in [1.54, 1.807) is 9.80 Å². The number of ether oxygens (including phenoxy) is 2. The molecule has 6 rings (SSSR count). The molecular weight excluding hydrogens is 530 g/mol. The lowest BCUT2D eigenvalue weighted by atomic mass is 9.79. The van der Waals surface area contributed by atoms with Crippen molar-refractivity contribution in [2.45, 2.75) is 77.0 Å². The molecule has 3 heterocycles. The SMILES string of the molecule is CC(C)(C)OC(=O)N1CCc2c3c(nn2-c2ccc(C4CCC4)cc2C#N)CCN(C(=O)OCc2ccccc2)CC31. The second-order valence-electron chi connectivity index (χ2n) is 12.4. The second-order valence-corrected chi connectivity index (χ2v) is 12.4. The Bertz CT molecular complexity index is 1530. The summed E-state index contributed by atoms with van der Waals surface area (Å²) >= 11 is 0. The number of hydrogen-bond acceptors (Lipinski definition) is 6. The largest absolute Gasteiger partial charge is 0.445 e. The summed E-state index contributed by atoms with van der Waals surface area (Å²) in [6.45, 7) is 6.80. The molecule has 0 saturated heterocycles. The van der Waals surface area contributed by atoms with Gasteiger partial charge in [0.2, 0.25) is 0 Å². The Morgan fingerprint density at radius 3 is 2.52 bits per heavy atom. The van der Waals surface area contributed by atoms with Crippen molar-refractivity contribution >= 4 is 12.2 Å². The number of amides is 2. The third kappa shape index (κ3) is 5.46. The van der Waals surface area contributed by atoms with Crippen molar-refractivity contribution < 1.29 is 19.1 Å². The maximum Gasteiger partial charge on any atom is 0.410 e. The molecule has 2 aliphatic heterocycles. The van der Waals surface area contributed by atoms with Crippen LogP contribution in [0.15, 0.2) is 48.5 Å². The number of carbonyl (C=O) groups excluding carboxylic acids is 2. The van der Waals surface area contributed by atoms with E-state index >= 15 is 0 Å². The van der Waals surface area contributed by atoms with Crippen LogP contribution in [0.2, 0.25) is 0 Å². The summed E-state index contributed by atoms with van der Waals surface area (Å²) in [5.41, 5.74) is 5.56. The van der Waals surface area contributed by atoms with Crippen molar-refractivity contribution in [3.05, 3.63) is 82.2 Å². The molecule has 1 unspecified atom stereocenters. The number of aromatic nitrogens is 2. The maximum absolute atomic E-state index is 13.4. The van der Waals surface area contributed by atoms with E-state index in [2.05, 4.69) is 12.1 Å². The van der Waals surface area contributed by atoms with Gasteiger partial charge in [-0.25, -0.2) is 14.3 Å². The van der Waals surface area contributed by atoms with E-state index in [-0.39, 0.29) is 13.2 Å². The molecule has 1 fully saturated rings. The van der Waals surface area contributed by atoms with Gasteiger partial charge in [-0.15, -0.1) is 0 Å². The highest BCUT2D eigenvalue weighted by Gasteiger charge is 2.42. The third-order valence-corrected chi connectivity index (χ3v) is 8.45. The predicted octanol–water partition coefficient (Wildman–Crippen LogP) is 6.04. The molecule has 9 heteroatoms. The van der Waals surface area contributed by atoms with Gasteiger partial charge in [0.1, 0.15) is 18.3 Å². The summed E-state index contributed by atoms with van der Waals surface area (Å²) in [4.78, 5) is 30.1. The first-order valence-electron chi connectivity index (χ1n) is 14.8. The van der Waals surface area contributed by atoms with Gasteiger partial charge < -0.3 is 14.4 Å². The molecule has 9 nitrogen and oxygen atoms in total. The highest BCUT2D eigenvalue weighted by molar-refractivity contribution is 5.71. The number of rotatable bonds is 4. The van der Waals surface area contributed by atoms with E-state index in [4.69, 9.17) is 14.6 Å². The zero-order chi connectivity index (χ0) is 29.4. The average Bonchev–Trinajstić information content (AvgIpc) is 3.19. The number of benzene rings is 2. The molecule has 0 radical (unpaired) electrons. The lowest BCUT2D eigenvalue weighted by Crippen LogP contribution is -2.47. The van der Waals surface area contributed by atoms with Crippen LogP contribution in [0.1, 0.15) is 85.6 Å². The fourth-order valence-electron chi connectivity index (χ4n) is 6.13. The minimum Gasteiger partial charge on any atom is -0.445 e. The standard InChI is InChI=1S/C33H37N5O4/c1-33(2,3)42-32(40)37-17-15-28-30-26(35-38(28)27-13-12-24(18-25(27)19-34)23-10-7-11-23)14-16-36(20-29(30)37)31(39)41-21-22-8-5-4-6-9-22/h4-6,8-9,12-13,18,23,29H,7,10-11,14-17,20-21H2,1-3H3. The van der Waals surface area contributed by atoms with Crippen LogP contribution >= 0.6 is 0 Å². The van der Waals surface area contributed by atoms with Gasteiger partial charge in [-0.2, -0.15) is 10.4 Å². The Kier molecular flexibility index (Phi) is 7.40. The van der Waals surface area contributed by atoms with Crippen molar-refractivity contribution in [1.82, 2.24) is 19.6 Å². The Morgan fingerprint density at radius 2 is 1.83 bits per heavy atom. The van der Waals surface area contributed by atoms with E-state index in [9.17, 15) is 14.9 Å². The van der Waals surface area contributed by atoms with Crippen LogP contribution in [0.3, 0.4) is 0 Å². The van der Waals surface area contributed by atoms with Crippen molar-refractivity contribution in [2.24, 2.45) is 0 Å². The molecule has 1 saturated carbocycles. The minimum atomic E-state index is -0.659. The van der Waals surface area contributed by atoms with E-state index in [0.717, 1.165) is 41.0 Å². The van der Waals surface area contributed by atoms with E-state index in [1.165, 1.54) is 12.0 Å². The van der Waals surface area contributed by atoms with Crippen LogP contribution in [0.4, 0.5) is 9.59 Å². The van der Waals surface area contributed by atoms with Gasteiger partial charge in [-0.05, 0) is 62.8 Å². The molecule has 0 N–H and O–H groups in total. The van der Waals surface area contributed by atoms with Crippen LogP contribution in [0.25, 0.3) is 5.69 Å². The number of hydrogen-bond donors (Lipinski definition) is 0. The van der Waals surface area contributed by atoms with Crippen molar-refractivity contribution in [3.8, 4) is 11.8 Å². The molecule has 42 heavy (non-hydrogen) atoms. The highest BCUT2D eigenvalue weighted by Crippen LogP contribution is 2.40. The van der Waals surface area contributed by atoms with Crippen LogP contribution in [-0.4, -0.2) is 57.0 Å². The van der Waals surface area contributed by atoms with Gasteiger partial charge in [0, 0.05) is 38.0 Å². The zero-order valence-electron chi connectivity index (χ0n) is 24.5. The van der Waals surface area contributed by atoms with Crippen LogP contribution in [-0.2, 0) is 28.9 Å². The number of nitrogens with zero attached hydrogens (tertiary/aromatic N) is 5. The summed E-state index contributed by atoms with van der Waals surface area (Å²) in [6.07, 6.45) is 3.79. The Labute approximate surface area is 246 Å². The minimum absolute atomic E-state index is 0.174. The number of nitriles is 1. The lowest BCUT2D eigenvalue weighted by Gasteiger charge is -2.38. The van der Waals surface area contributed by atoms with E-state index in [1.807, 2.05) is 67.9 Å². The molecule has 0 bridgehead atoms. The summed E-state index contributed by atoms with van der Waals surface area (Å²) in [5.74, 6) is 0.526. The van der Waals surface area contributed by atoms with Gasteiger partial charge in [-0.3, -0.25) is 4.90 Å². The predicted molar refractivity (Wildman–Crippen MR) is 156 cm³/mol. The van der Waals surface area contributed by atoms with E-state index in [0.29, 0.717) is 37.4 Å². The van der Waals surface area contributed by atoms with Gasteiger partial charge >= 0.3 is 12.2 Å². The fraction of sp³-hybridized carbons (Fsp3) is 0.455. The smallest absolute Gasteiger partial charge is 0.410 e. The Balaban J connectivity index is 1.33. The van der Waals surface area contributed by atoms with Gasteiger partial charge in [0.25, 0.3) is 0 Å². The molecular formula is C33H37N5O4. The van der Waals surface area contributed by atoms with Crippen LogP contribution in [0.5, 0.6) is 0 Å². The van der Waals surface area contributed by atoms with Crippen molar-refractivity contribution in [2.75, 3.05) is 19.6 Å². The Morgan fingerprint density at radius 1 is 1.05 bits per heavy atom. The molecule has 1 atom stereocenters. The van der Waals surface area contributed by atoms with Gasteiger partial charge in [-0.1, -0.05) is 42.8 Å². The molecule has 3 aliphatic rings. The van der Waals surface area contributed by atoms with Crippen LogP contribution in [0, 0.1) is 11.3 Å². The quantitative estimate of drug-likeness (QED) is 0.381. The molecule has 2 aromatic carbocycles. The number of carbonyl (C=O) groups is 2. The molecule has 1 aromatic heterocycles. The van der Waals surface area contributed by atoms with Crippen LogP contribution < -0.4 is 0 Å². The fourth-order valence-corrected chi connectivity index (χ4v) is 6.13. The second kappa shape index (κ2) is 11.2. The lowest BCUT2D eigenvalue weighted by molar-refractivity contribution is 0.00940. The average molecular weight is 568 g/mol. The molecule has 1 aliphatic carbocycles. The summed E-state index contributed by atoms with van der Waals surface area (Å²) in [6, 6.07) is 17.7. The first-order chi connectivity index (χ1) is 20.2. The summed E-state index contributed by atoms with van der Waals surface area (Å²) in [7, 11) is 0. The first-order valence-corrected chi connectivity index (χ1v) is 14.8. The summed E-state index contributed by atoms with van der Waals surface area (Å²) in [5, 5.41) is 15.1. The Hall–Kier alpha value is -4.32. The van der Waals surface area contributed by atoms with Gasteiger partial charge in [0.05, 0.1) is 28.7 Å². The van der Waals surface area contributed by atoms with Crippen molar-refractivity contribution in [1.29, 1.82) is 5.26 Å². The molecule has 2 amide bonds. The maximum atomic E-state index is 13.4. The third-order valence-electron chi connectivity index (χ3n) is 8.45. The van der Waals surface area contributed by atoms with Gasteiger partial charge in [0.15, 0.2) is 0 Å². The van der Waals surface area contributed by atoms with E-state index < -0.39 is 23.8 Å². The molecule has 0 spiro atoms. The molecule has 218 valence electrons. The zero-order valence-corrected chi connectivity index (χ0v) is 24.5. The monoisotopic (exact) mass is 567 g/mol. The topological polar surface area (TPSA) is 101 Å². The summed E-state index contributed by atoms with van der Waals surface area (Å²) < 4.78 is 13.4. The first kappa shape index (κ1) is 27.8. The normalized spacial score (nSPS) is 18.4. The molecule has 3 aromatic rings. The van der Waals surface area contributed by atoms with Crippen molar-refractivity contribution in [3.63, 3.8) is 0 Å².